The topological polar surface area (TPSA) is 150 Å². The van der Waals surface area contributed by atoms with Crippen LogP contribution in [0.25, 0.3) is 0 Å². The van der Waals surface area contributed by atoms with Gasteiger partial charge in [0.25, 0.3) is 0 Å². The molecule has 0 saturated carbocycles. The Morgan fingerprint density at radius 3 is 1.79 bits per heavy atom. The van der Waals surface area contributed by atoms with Crippen molar-refractivity contribution in [3.8, 4) is 5.75 Å². The summed E-state index contributed by atoms with van der Waals surface area (Å²) in [5.74, 6) is -3.23. The SMILES string of the molecule is COC(=O)c1ccc(O[C@@H]2O[C@H](COC(C)=O)[C@@H](OC(C)=O)[C@@H](OC(C)=O)[C@H]2OC(C)=O)cc1. The summed E-state index contributed by atoms with van der Waals surface area (Å²) in [6.07, 6.45) is -6.50. The zero-order chi connectivity index (χ0) is 25.4. The van der Waals surface area contributed by atoms with Crippen molar-refractivity contribution in [1.82, 2.24) is 0 Å². The molecular formula is C22H26O12. The van der Waals surface area contributed by atoms with Crippen LogP contribution in [0.5, 0.6) is 5.75 Å². The third-order valence-corrected chi connectivity index (χ3v) is 4.48. The summed E-state index contributed by atoms with van der Waals surface area (Å²) in [5, 5.41) is 0. The number of benzene rings is 1. The van der Waals surface area contributed by atoms with Gasteiger partial charge in [-0.2, -0.15) is 0 Å². The highest BCUT2D eigenvalue weighted by atomic mass is 16.7. The van der Waals surface area contributed by atoms with Crippen LogP contribution < -0.4 is 4.74 Å². The molecule has 0 amide bonds. The van der Waals surface area contributed by atoms with E-state index < -0.39 is 60.6 Å². The lowest BCUT2D eigenvalue weighted by Gasteiger charge is -2.43. The van der Waals surface area contributed by atoms with Crippen LogP contribution in [-0.4, -0.2) is 74.3 Å². The van der Waals surface area contributed by atoms with Crippen molar-refractivity contribution >= 4 is 29.8 Å². The van der Waals surface area contributed by atoms with E-state index in [1.807, 2.05) is 0 Å². The second kappa shape index (κ2) is 12.0. The molecule has 0 spiro atoms. The third-order valence-electron chi connectivity index (χ3n) is 4.48. The van der Waals surface area contributed by atoms with Crippen LogP contribution in [0.1, 0.15) is 38.1 Å². The second-order valence-corrected chi connectivity index (χ2v) is 7.20. The number of hydrogen-bond acceptors (Lipinski definition) is 12. The Kier molecular flexibility index (Phi) is 9.36. The van der Waals surface area contributed by atoms with E-state index in [0.717, 1.165) is 20.8 Å². The van der Waals surface area contributed by atoms with Crippen LogP contribution in [0.3, 0.4) is 0 Å². The molecule has 12 nitrogen and oxygen atoms in total. The lowest BCUT2D eigenvalue weighted by Crippen LogP contribution is -2.63. The first-order valence-corrected chi connectivity index (χ1v) is 10.2. The minimum atomic E-state index is -1.37. The number of methoxy groups -OCH3 is 1. The summed E-state index contributed by atoms with van der Waals surface area (Å²) in [6.45, 7) is 4.16. The summed E-state index contributed by atoms with van der Waals surface area (Å²) in [5.41, 5.74) is 0.261. The average molecular weight is 482 g/mol. The quantitative estimate of drug-likeness (QED) is 0.383. The Bertz CT molecular complexity index is 909. The maximum absolute atomic E-state index is 11.8. The van der Waals surface area contributed by atoms with Gasteiger partial charge in [-0.05, 0) is 24.3 Å². The molecule has 1 aromatic carbocycles. The zero-order valence-electron chi connectivity index (χ0n) is 19.3. The number of carbonyl (C=O) groups is 5. The van der Waals surface area contributed by atoms with E-state index in [-0.39, 0.29) is 17.9 Å². The van der Waals surface area contributed by atoms with Crippen LogP contribution in [-0.2, 0) is 47.6 Å². The summed E-state index contributed by atoms with van der Waals surface area (Å²) >= 11 is 0. The first-order chi connectivity index (χ1) is 16.0. The lowest BCUT2D eigenvalue weighted by atomic mass is 9.98. The van der Waals surface area contributed by atoms with Gasteiger partial charge in [-0.3, -0.25) is 19.2 Å². The molecule has 12 heteroatoms. The van der Waals surface area contributed by atoms with Crippen molar-refractivity contribution in [3.05, 3.63) is 29.8 Å². The number of esters is 5. The summed E-state index contributed by atoms with van der Waals surface area (Å²) in [7, 11) is 1.24. The largest absolute Gasteiger partial charge is 0.465 e. The monoisotopic (exact) mass is 482 g/mol. The number of hydrogen-bond donors (Lipinski definition) is 0. The normalized spacial score (nSPS) is 23.7. The van der Waals surface area contributed by atoms with Gasteiger partial charge in [0.15, 0.2) is 12.2 Å². The van der Waals surface area contributed by atoms with E-state index in [0.29, 0.717) is 0 Å². The van der Waals surface area contributed by atoms with E-state index in [9.17, 15) is 24.0 Å². The Labute approximate surface area is 195 Å². The highest BCUT2D eigenvalue weighted by Gasteiger charge is 2.53. The summed E-state index contributed by atoms with van der Waals surface area (Å²) in [6, 6.07) is 5.76. The minimum absolute atomic E-state index is 0.202. The van der Waals surface area contributed by atoms with E-state index in [2.05, 4.69) is 4.74 Å². The van der Waals surface area contributed by atoms with Gasteiger partial charge in [0.1, 0.15) is 18.5 Å². The molecule has 1 saturated heterocycles. The molecule has 0 aliphatic carbocycles. The Balaban J connectivity index is 2.42. The van der Waals surface area contributed by atoms with Gasteiger partial charge < -0.3 is 33.2 Å². The molecule has 1 aliphatic rings. The summed E-state index contributed by atoms with van der Waals surface area (Å²) < 4.78 is 37.2. The highest BCUT2D eigenvalue weighted by molar-refractivity contribution is 5.89. The number of ether oxygens (including phenoxy) is 7. The molecule has 0 bridgehead atoms. The fourth-order valence-corrected chi connectivity index (χ4v) is 3.21. The Morgan fingerprint density at radius 2 is 1.29 bits per heavy atom. The van der Waals surface area contributed by atoms with Gasteiger partial charge in [0, 0.05) is 27.7 Å². The molecule has 0 radical (unpaired) electrons. The summed E-state index contributed by atoms with van der Waals surface area (Å²) in [4.78, 5) is 58.4. The predicted octanol–water partition coefficient (Wildman–Crippen LogP) is 0.935. The van der Waals surface area contributed by atoms with Crippen molar-refractivity contribution < 1.29 is 57.1 Å². The first kappa shape index (κ1) is 26.6. The molecule has 1 aliphatic heterocycles. The lowest BCUT2D eigenvalue weighted by molar-refractivity contribution is -0.288. The van der Waals surface area contributed by atoms with Crippen molar-refractivity contribution in [2.24, 2.45) is 0 Å². The first-order valence-electron chi connectivity index (χ1n) is 10.2. The van der Waals surface area contributed by atoms with Gasteiger partial charge in [-0.1, -0.05) is 0 Å². The Hall–Kier alpha value is -3.67. The van der Waals surface area contributed by atoms with Gasteiger partial charge in [-0.15, -0.1) is 0 Å². The molecule has 0 aromatic heterocycles. The fourth-order valence-electron chi connectivity index (χ4n) is 3.21. The molecule has 5 atom stereocenters. The van der Waals surface area contributed by atoms with E-state index in [4.69, 9.17) is 28.4 Å². The van der Waals surface area contributed by atoms with Crippen LogP contribution in [0.4, 0.5) is 0 Å². The smallest absolute Gasteiger partial charge is 0.337 e. The van der Waals surface area contributed by atoms with Gasteiger partial charge in [-0.25, -0.2) is 4.79 Å². The molecule has 1 fully saturated rings. The van der Waals surface area contributed by atoms with Crippen LogP contribution in [0.2, 0.25) is 0 Å². The van der Waals surface area contributed by atoms with Gasteiger partial charge in [0.2, 0.25) is 12.4 Å². The molecule has 0 unspecified atom stereocenters. The molecule has 1 aromatic rings. The molecule has 2 rings (SSSR count). The molecule has 0 N–H and O–H groups in total. The van der Waals surface area contributed by atoms with Crippen LogP contribution >= 0.6 is 0 Å². The standard InChI is InChI=1S/C22H26O12/c1-11(23)29-10-17-18(30-12(2)24)19(31-13(3)25)20(32-14(4)26)22(34-17)33-16-8-6-15(7-9-16)21(27)28-5/h6-9,17-20,22H,10H2,1-5H3/t17-,18-,19-,20-,22-/m1/s1. The minimum Gasteiger partial charge on any atom is -0.465 e. The number of rotatable bonds is 8. The number of carbonyl (C=O) groups excluding carboxylic acids is 5. The molecule has 1 heterocycles. The molecular weight excluding hydrogens is 456 g/mol. The highest BCUT2D eigenvalue weighted by Crippen LogP contribution is 2.31. The van der Waals surface area contributed by atoms with Gasteiger partial charge >= 0.3 is 29.8 Å². The maximum Gasteiger partial charge on any atom is 0.337 e. The van der Waals surface area contributed by atoms with Crippen molar-refractivity contribution in [3.63, 3.8) is 0 Å². The van der Waals surface area contributed by atoms with Crippen molar-refractivity contribution in [1.29, 1.82) is 0 Å². The van der Waals surface area contributed by atoms with Crippen LogP contribution in [0.15, 0.2) is 24.3 Å². The zero-order valence-corrected chi connectivity index (χ0v) is 19.3. The predicted molar refractivity (Wildman–Crippen MR) is 110 cm³/mol. The van der Waals surface area contributed by atoms with E-state index in [1.165, 1.54) is 38.3 Å². The molecule has 186 valence electrons. The van der Waals surface area contributed by atoms with Crippen LogP contribution in [0, 0.1) is 0 Å². The fraction of sp³-hybridized carbons (Fsp3) is 0.500. The van der Waals surface area contributed by atoms with Crippen molar-refractivity contribution in [2.75, 3.05) is 13.7 Å². The van der Waals surface area contributed by atoms with E-state index in [1.54, 1.807) is 0 Å². The maximum atomic E-state index is 11.8. The molecule has 34 heavy (non-hydrogen) atoms. The van der Waals surface area contributed by atoms with Gasteiger partial charge in [0.05, 0.1) is 12.7 Å². The Morgan fingerprint density at radius 1 is 0.765 bits per heavy atom. The van der Waals surface area contributed by atoms with Crippen molar-refractivity contribution in [2.45, 2.75) is 58.4 Å². The van der Waals surface area contributed by atoms with E-state index >= 15 is 0 Å². The second-order valence-electron chi connectivity index (χ2n) is 7.20. The third kappa shape index (κ3) is 7.44. The average Bonchev–Trinajstić information content (AvgIpc) is 2.75.